The average molecular weight is 438 g/mol. The first kappa shape index (κ1) is 20.3. The normalized spacial score (nSPS) is 27.3. The molecule has 4 rings (SSSR count). The molecule has 1 fully saturated rings. The predicted molar refractivity (Wildman–Crippen MR) is 106 cm³/mol. The zero-order chi connectivity index (χ0) is 20.5. The number of hydrogen-bond acceptors (Lipinski definition) is 8. The molecule has 3 aromatic heterocycles. The monoisotopic (exact) mass is 437 g/mol. The van der Waals surface area contributed by atoms with E-state index < -0.39 is 36.4 Å². The first-order valence-electron chi connectivity index (χ1n) is 8.90. The van der Waals surface area contributed by atoms with Gasteiger partial charge in [-0.1, -0.05) is 23.4 Å². The Kier molecular flexibility index (Phi) is 5.91. The Morgan fingerprint density at radius 2 is 2.07 bits per heavy atom. The van der Waals surface area contributed by atoms with Crippen LogP contribution in [0.2, 0.25) is 5.02 Å². The minimum Gasteiger partial charge on any atom is -0.394 e. The first-order chi connectivity index (χ1) is 14.0. The van der Waals surface area contributed by atoms with Crippen molar-refractivity contribution in [2.24, 2.45) is 7.05 Å². The highest BCUT2D eigenvalue weighted by Gasteiger charge is 2.46. The SMILES string of the molecule is Cn1ccc(-c2cnn([C@@H]3C(O)[C@@H](Sc4cncc(Cl)c4)OC(CO)[C@@H]3O)c2)n1. The molecule has 0 radical (unpaired) electrons. The van der Waals surface area contributed by atoms with Crippen LogP contribution in [0.5, 0.6) is 0 Å². The van der Waals surface area contributed by atoms with Crippen molar-refractivity contribution in [1.82, 2.24) is 24.5 Å². The summed E-state index contributed by atoms with van der Waals surface area (Å²) in [5.74, 6) is 0. The van der Waals surface area contributed by atoms with E-state index in [4.69, 9.17) is 16.3 Å². The molecule has 1 saturated heterocycles. The van der Waals surface area contributed by atoms with Gasteiger partial charge in [0.05, 0.1) is 23.5 Å². The highest BCUT2D eigenvalue weighted by Crippen LogP contribution is 2.38. The highest BCUT2D eigenvalue weighted by atomic mass is 35.5. The molecule has 2 unspecified atom stereocenters. The van der Waals surface area contributed by atoms with Crippen LogP contribution in [0.15, 0.2) is 48.0 Å². The molecule has 154 valence electrons. The van der Waals surface area contributed by atoms with E-state index in [9.17, 15) is 15.3 Å². The number of aliphatic hydroxyl groups is 3. The van der Waals surface area contributed by atoms with Crippen molar-refractivity contribution in [3.05, 3.63) is 48.1 Å². The zero-order valence-corrected chi connectivity index (χ0v) is 17.0. The summed E-state index contributed by atoms with van der Waals surface area (Å²) in [6.45, 7) is -0.399. The standard InChI is InChI=1S/C18H20ClN5O4S/c1-23-3-2-13(22-23)10-5-21-24(8-10)15-16(26)14(9-25)28-18(17(15)27)29-12-4-11(19)6-20-7-12/h2-8,14-18,25-27H,9H2,1H3/t14?,15-,16-,17?,18+/m0/s1. The van der Waals surface area contributed by atoms with Crippen LogP contribution >= 0.6 is 23.4 Å². The number of nitrogens with zero attached hydrogens (tertiary/aromatic N) is 5. The second-order valence-electron chi connectivity index (χ2n) is 6.74. The van der Waals surface area contributed by atoms with E-state index in [1.807, 2.05) is 19.3 Å². The molecule has 0 saturated carbocycles. The number of aliphatic hydroxyl groups excluding tert-OH is 3. The number of pyridine rings is 1. The molecule has 29 heavy (non-hydrogen) atoms. The number of rotatable bonds is 5. The minimum absolute atomic E-state index is 0.399. The Labute approximate surface area is 175 Å². The molecule has 5 atom stereocenters. The van der Waals surface area contributed by atoms with Gasteiger partial charge in [0.2, 0.25) is 0 Å². The van der Waals surface area contributed by atoms with E-state index in [2.05, 4.69) is 15.2 Å². The Morgan fingerprint density at radius 3 is 2.76 bits per heavy atom. The van der Waals surface area contributed by atoms with E-state index >= 15 is 0 Å². The highest BCUT2D eigenvalue weighted by molar-refractivity contribution is 7.99. The molecule has 0 amide bonds. The molecule has 4 heterocycles. The summed E-state index contributed by atoms with van der Waals surface area (Å²) < 4.78 is 8.91. The van der Waals surface area contributed by atoms with Gasteiger partial charge in [-0.3, -0.25) is 14.3 Å². The lowest BCUT2D eigenvalue weighted by molar-refractivity contribution is -0.178. The van der Waals surface area contributed by atoms with Crippen molar-refractivity contribution in [3.63, 3.8) is 0 Å². The van der Waals surface area contributed by atoms with Crippen LogP contribution in [0.4, 0.5) is 0 Å². The quantitative estimate of drug-likeness (QED) is 0.543. The Bertz CT molecular complexity index is 983. The first-order valence-corrected chi connectivity index (χ1v) is 10.2. The molecular formula is C18H20ClN5O4S. The summed E-state index contributed by atoms with van der Waals surface area (Å²) in [6, 6.07) is 2.73. The number of aromatic nitrogens is 5. The maximum atomic E-state index is 11.0. The van der Waals surface area contributed by atoms with Crippen LogP contribution in [0.1, 0.15) is 6.04 Å². The molecule has 0 bridgehead atoms. The summed E-state index contributed by atoms with van der Waals surface area (Å²) in [6.07, 6.45) is 5.13. The van der Waals surface area contributed by atoms with Gasteiger partial charge in [-0.15, -0.1) is 0 Å². The molecule has 0 spiro atoms. The van der Waals surface area contributed by atoms with Crippen LogP contribution < -0.4 is 0 Å². The predicted octanol–water partition coefficient (Wildman–Crippen LogP) is 1.10. The molecule has 0 aromatic carbocycles. The lowest BCUT2D eigenvalue weighted by Gasteiger charge is -2.42. The third-order valence-electron chi connectivity index (χ3n) is 4.70. The Morgan fingerprint density at radius 1 is 1.24 bits per heavy atom. The average Bonchev–Trinajstić information content (AvgIpc) is 3.33. The van der Waals surface area contributed by atoms with Gasteiger partial charge in [-0.25, -0.2) is 0 Å². The van der Waals surface area contributed by atoms with Gasteiger partial charge in [0.15, 0.2) is 0 Å². The number of ether oxygens (including phenoxy) is 1. The van der Waals surface area contributed by atoms with Crippen molar-refractivity contribution < 1.29 is 20.1 Å². The fourth-order valence-corrected chi connectivity index (χ4v) is 4.59. The van der Waals surface area contributed by atoms with Gasteiger partial charge in [0.1, 0.15) is 29.8 Å². The minimum atomic E-state index is -1.15. The number of halogens is 1. The van der Waals surface area contributed by atoms with E-state index in [1.54, 1.807) is 29.3 Å². The summed E-state index contributed by atoms with van der Waals surface area (Å²) in [5, 5.41) is 40.4. The number of hydrogen-bond donors (Lipinski definition) is 3. The van der Waals surface area contributed by atoms with E-state index in [0.717, 1.165) is 11.3 Å². The maximum Gasteiger partial charge on any atom is 0.136 e. The summed E-state index contributed by atoms with van der Waals surface area (Å²) in [7, 11) is 1.82. The molecule has 3 aromatic rings. The van der Waals surface area contributed by atoms with Gasteiger partial charge in [0.25, 0.3) is 0 Å². The maximum absolute atomic E-state index is 11.0. The zero-order valence-electron chi connectivity index (χ0n) is 15.4. The second-order valence-corrected chi connectivity index (χ2v) is 8.35. The topological polar surface area (TPSA) is 118 Å². The molecular weight excluding hydrogens is 418 g/mol. The van der Waals surface area contributed by atoms with Gasteiger partial charge in [-0.2, -0.15) is 10.2 Å². The molecule has 1 aliphatic heterocycles. The van der Waals surface area contributed by atoms with E-state index in [1.165, 1.54) is 22.6 Å². The smallest absolute Gasteiger partial charge is 0.136 e. The van der Waals surface area contributed by atoms with Gasteiger partial charge in [-0.05, 0) is 12.1 Å². The van der Waals surface area contributed by atoms with Crippen molar-refractivity contribution in [3.8, 4) is 11.3 Å². The molecule has 9 nitrogen and oxygen atoms in total. The molecule has 1 aliphatic rings. The van der Waals surface area contributed by atoms with E-state index in [-0.39, 0.29) is 0 Å². The number of thioether (sulfide) groups is 1. The van der Waals surface area contributed by atoms with Crippen molar-refractivity contribution in [2.45, 2.75) is 34.7 Å². The molecule has 11 heteroatoms. The third kappa shape index (κ3) is 4.18. The molecule has 0 aliphatic carbocycles. The lowest BCUT2D eigenvalue weighted by Crippen LogP contribution is -2.54. The van der Waals surface area contributed by atoms with E-state index in [0.29, 0.717) is 9.92 Å². The third-order valence-corrected chi connectivity index (χ3v) is 6.02. The van der Waals surface area contributed by atoms with Gasteiger partial charge >= 0.3 is 0 Å². The molecule has 3 N–H and O–H groups in total. The number of aryl methyl sites for hydroxylation is 1. The van der Waals surface area contributed by atoms with Crippen LogP contribution in [0.3, 0.4) is 0 Å². The Hall–Kier alpha value is -1.95. The van der Waals surface area contributed by atoms with Crippen LogP contribution in [-0.2, 0) is 11.8 Å². The summed E-state index contributed by atoms with van der Waals surface area (Å²) >= 11 is 7.20. The lowest BCUT2D eigenvalue weighted by atomic mass is 9.97. The van der Waals surface area contributed by atoms with Crippen molar-refractivity contribution in [2.75, 3.05) is 6.61 Å². The fraction of sp³-hybridized carbons (Fsp3) is 0.389. The Balaban J connectivity index is 1.61. The van der Waals surface area contributed by atoms with Crippen molar-refractivity contribution in [1.29, 1.82) is 0 Å². The van der Waals surface area contributed by atoms with Gasteiger partial charge in [0, 0.05) is 42.3 Å². The second kappa shape index (κ2) is 8.42. The van der Waals surface area contributed by atoms with Crippen molar-refractivity contribution >= 4 is 23.4 Å². The summed E-state index contributed by atoms with van der Waals surface area (Å²) in [5.41, 5.74) is 0.716. The largest absolute Gasteiger partial charge is 0.394 e. The van der Waals surface area contributed by atoms with Gasteiger partial charge < -0.3 is 20.1 Å². The van der Waals surface area contributed by atoms with Crippen LogP contribution in [0.25, 0.3) is 11.3 Å². The van der Waals surface area contributed by atoms with Crippen LogP contribution in [-0.4, -0.2) is 70.2 Å². The van der Waals surface area contributed by atoms with Crippen LogP contribution in [0, 0.1) is 0 Å². The summed E-state index contributed by atoms with van der Waals surface area (Å²) in [4.78, 5) is 4.73. The fourth-order valence-electron chi connectivity index (χ4n) is 3.27.